The van der Waals surface area contributed by atoms with E-state index < -0.39 is 14.0 Å². The van der Waals surface area contributed by atoms with Gasteiger partial charge in [0.15, 0.2) is 5.72 Å². The minimum absolute atomic E-state index is 0.224. The second-order valence-corrected chi connectivity index (χ2v) is 14.7. The number of hydrogen-bond donors (Lipinski definition) is 0. The smallest absolute Gasteiger partial charge is 0.201 e. The molecular weight excluding hydrogens is 314 g/mol. The predicted octanol–water partition coefficient (Wildman–Crippen LogP) is 7.20. The number of azide groups is 1. The molecule has 4 nitrogen and oxygen atoms in total. The van der Waals surface area contributed by atoms with Crippen LogP contribution in [0.15, 0.2) is 17.3 Å². The van der Waals surface area contributed by atoms with E-state index in [4.69, 9.17) is 4.43 Å². The Labute approximate surface area is 149 Å². The molecule has 2 atom stereocenters. The summed E-state index contributed by atoms with van der Waals surface area (Å²) in [7, 11) is -2.11. The standard InChI is InChI=1S/C19H37N3OSi/c1-14(2)24(15(3)4,16(5)6)23-19(21-22-20)12-10-17(11-13-19)18(7,8)9/h10,12,14-17H,11,13H2,1-9H3/t17-,19+/m0/s1. The first-order valence-electron chi connectivity index (χ1n) is 9.37. The number of nitrogens with zero attached hydrogens (tertiary/aromatic N) is 3. The minimum Gasteiger partial charge on any atom is -0.402 e. The molecule has 0 spiro atoms. The van der Waals surface area contributed by atoms with Crippen molar-refractivity contribution in [3.8, 4) is 0 Å². The Kier molecular flexibility index (Phi) is 6.76. The monoisotopic (exact) mass is 351 g/mol. The Bertz CT molecular complexity index is 479. The molecule has 0 aromatic rings. The van der Waals surface area contributed by atoms with E-state index in [1.165, 1.54) is 0 Å². The maximum Gasteiger partial charge on any atom is 0.201 e. The Morgan fingerprint density at radius 3 is 1.92 bits per heavy atom. The fourth-order valence-corrected chi connectivity index (χ4v) is 9.98. The van der Waals surface area contributed by atoms with Gasteiger partial charge in [-0.1, -0.05) is 79.6 Å². The van der Waals surface area contributed by atoms with Crippen LogP contribution in [0.5, 0.6) is 0 Å². The molecule has 1 aliphatic carbocycles. The van der Waals surface area contributed by atoms with Crippen molar-refractivity contribution in [2.75, 3.05) is 0 Å². The summed E-state index contributed by atoms with van der Waals surface area (Å²) in [6.07, 6.45) is 6.05. The van der Waals surface area contributed by atoms with Gasteiger partial charge in [-0.15, -0.1) is 0 Å². The highest BCUT2D eigenvalue weighted by Crippen LogP contribution is 2.48. The maximum absolute atomic E-state index is 9.18. The summed E-state index contributed by atoms with van der Waals surface area (Å²) in [6, 6.07) is 0. The quantitative estimate of drug-likeness (QED) is 0.164. The van der Waals surface area contributed by atoms with Gasteiger partial charge in [0.25, 0.3) is 0 Å². The van der Waals surface area contributed by atoms with Crippen molar-refractivity contribution in [2.24, 2.45) is 16.4 Å². The lowest BCUT2D eigenvalue weighted by molar-refractivity contribution is 0.0713. The van der Waals surface area contributed by atoms with Crippen LogP contribution in [-0.4, -0.2) is 14.0 Å². The Balaban J connectivity index is 3.29. The highest BCUT2D eigenvalue weighted by Gasteiger charge is 2.50. The van der Waals surface area contributed by atoms with Crippen molar-refractivity contribution < 1.29 is 4.43 Å². The highest BCUT2D eigenvalue weighted by molar-refractivity contribution is 6.77. The lowest BCUT2D eigenvalue weighted by Crippen LogP contribution is -2.54. The predicted molar refractivity (Wildman–Crippen MR) is 105 cm³/mol. The molecule has 0 saturated carbocycles. The molecule has 0 amide bonds. The van der Waals surface area contributed by atoms with E-state index in [1.54, 1.807) is 0 Å². The van der Waals surface area contributed by atoms with Crippen molar-refractivity contribution in [1.82, 2.24) is 0 Å². The molecule has 0 radical (unpaired) electrons. The summed E-state index contributed by atoms with van der Waals surface area (Å²) in [5, 5.41) is 4.17. The van der Waals surface area contributed by atoms with Gasteiger partial charge in [0.2, 0.25) is 8.32 Å². The fraction of sp³-hybridized carbons (Fsp3) is 0.895. The van der Waals surface area contributed by atoms with Crippen LogP contribution >= 0.6 is 0 Å². The maximum atomic E-state index is 9.18. The molecule has 0 unspecified atom stereocenters. The Morgan fingerprint density at radius 1 is 1.12 bits per heavy atom. The summed E-state index contributed by atoms with van der Waals surface area (Å²) in [6.45, 7) is 20.4. The van der Waals surface area contributed by atoms with Crippen molar-refractivity contribution in [2.45, 2.75) is 97.5 Å². The van der Waals surface area contributed by atoms with E-state index in [9.17, 15) is 5.53 Å². The Hall–Kier alpha value is -0.773. The van der Waals surface area contributed by atoms with Crippen molar-refractivity contribution in [3.63, 3.8) is 0 Å². The van der Waals surface area contributed by atoms with Gasteiger partial charge in [0, 0.05) is 4.91 Å². The number of rotatable bonds is 6. The molecule has 0 aromatic carbocycles. The van der Waals surface area contributed by atoms with Crippen molar-refractivity contribution in [1.29, 1.82) is 0 Å². The zero-order chi connectivity index (χ0) is 18.8. The second kappa shape index (κ2) is 7.63. The molecule has 5 heteroatoms. The summed E-state index contributed by atoms with van der Waals surface area (Å²) >= 11 is 0. The lowest BCUT2D eigenvalue weighted by Gasteiger charge is -2.48. The molecule has 0 aliphatic heterocycles. The van der Waals surface area contributed by atoms with Gasteiger partial charge >= 0.3 is 0 Å². The molecule has 0 aromatic heterocycles. The van der Waals surface area contributed by atoms with Gasteiger partial charge in [-0.3, -0.25) is 0 Å². The zero-order valence-corrected chi connectivity index (χ0v) is 18.1. The third kappa shape index (κ3) is 4.25. The Morgan fingerprint density at radius 2 is 1.62 bits per heavy atom. The van der Waals surface area contributed by atoms with Crippen LogP contribution in [0, 0.1) is 11.3 Å². The molecule has 0 fully saturated rings. The first kappa shape index (κ1) is 21.3. The van der Waals surface area contributed by atoms with E-state index in [2.05, 4.69) is 84.5 Å². The fourth-order valence-electron chi connectivity index (χ4n) is 4.45. The first-order valence-corrected chi connectivity index (χ1v) is 11.5. The van der Waals surface area contributed by atoms with Gasteiger partial charge in [-0.05, 0) is 46.3 Å². The van der Waals surface area contributed by atoms with E-state index in [0.717, 1.165) is 12.8 Å². The van der Waals surface area contributed by atoms with Crippen LogP contribution in [0.4, 0.5) is 0 Å². The first-order chi connectivity index (χ1) is 10.9. The van der Waals surface area contributed by atoms with Crippen molar-refractivity contribution in [3.05, 3.63) is 22.6 Å². The molecule has 0 saturated heterocycles. The van der Waals surface area contributed by atoms with Crippen LogP contribution in [0.1, 0.15) is 75.2 Å². The van der Waals surface area contributed by atoms with Gasteiger partial charge < -0.3 is 4.43 Å². The van der Waals surface area contributed by atoms with Crippen LogP contribution in [0.2, 0.25) is 16.6 Å². The van der Waals surface area contributed by atoms with Crippen LogP contribution in [0.3, 0.4) is 0 Å². The lowest BCUT2D eigenvalue weighted by atomic mass is 9.74. The third-order valence-corrected chi connectivity index (χ3v) is 11.9. The second-order valence-electron chi connectivity index (χ2n) is 9.32. The number of hydrogen-bond acceptors (Lipinski definition) is 2. The molecule has 1 rings (SSSR count). The van der Waals surface area contributed by atoms with Gasteiger partial charge in [0.1, 0.15) is 0 Å². The number of allylic oxidation sites excluding steroid dienone is 1. The highest BCUT2D eigenvalue weighted by atomic mass is 28.4. The molecule has 1 aliphatic rings. The molecule has 0 heterocycles. The van der Waals surface area contributed by atoms with Gasteiger partial charge in [0.05, 0.1) is 0 Å². The summed E-state index contributed by atoms with van der Waals surface area (Å²) < 4.78 is 6.88. The van der Waals surface area contributed by atoms with E-state index in [1.807, 2.05) is 0 Å². The molecule has 138 valence electrons. The summed E-state index contributed by atoms with van der Waals surface area (Å²) in [5.41, 5.74) is 10.0. The zero-order valence-electron chi connectivity index (χ0n) is 17.1. The van der Waals surface area contributed by atoms with E-state index in [-0.39, 0.29) is 5.41 Å². The van der Waals surface area contributed by atoms with E-state index >= 15 is 0 Å². The van der Waals surface area contributed by atoms with Crippen LogP contribution in [0.25, 0.3) is 10.4 Å². The van der Waals surface area contributed by atoms with E-state index in [0.29, 0.717) is 22.5 Å². The molecule has 0 bridgehead atoms. The van der Waals surface area contributed by atoms with Crippen LogP contribution < -0.4 is 0 Å². The summed E-state index contributed by atoms with van der Waals surface area (Å²) in [4.78, 5) is 3.15. The SMILES string of the molecule is CC(C)[Si](O[C@]1(N=[N+]=[N-])C=C[C@H](C(C)(C)C)CC1)(C(C)C)C(C)C. The topological polar surface area (TPSA) is 58.0 Å². The third-order valence-electron chi connectivity index (χ3n) is 5.79. The van der Waals surface area contributed by atoms with Gasteiger partial charge in [-0.2, -0.15) is 0 Å². The average molecular weight is 352 g/mol. The van der Waals surface area contributed by atoms with Crippen molar-refractivity contribution >= 4 is 8.32 Å². The van der Waals surface area contributed by atoms with Crippen LogP contribution in [-0.2, 0) is 4.43 Å². The molecule has 0 N–H and O–H groups in total. The average Bonchev–Trinajstić information content (AvgIpc) is 2.43. The summed E-state index contributed by atoms with van der Waals surface area (Å²) in [5.74, 6) is 0.497. The minimum atomic E-state index is -2.11. The molecule has 24 heavy (non-hydrogen) atoms. The molecular formula is C19H37N3OSi. The van der Waals surface area contributed by atoms with Gasteiger partial charge in [-0.25, -0.2) is 0 Å². The largest absolute Gasteiger partial charge is 0.402 e. The normalized spacial score (nSPS) is 25.4.